The fourth-order valence-corrected chi connectivity index (χ4v) is 3.77. The van der Waals surface area contributed by atoms with Crippen LogP contribution in [0.5, 0.6) is 0 Å². The third-order valence-electron chi connectivity index (χ3n) is 5.32. The van der Waals surface area contributed by atoms with Gasteiger partial charge >= 0.3 is 0 Å². The van der Waals surface area contributed by atoms with Crippen molar-refractivity contribution in [3.63, 3.8) is 0 Å². The van der Waals surface area contributed by atoms with Crippen molar-refractivity contribution in [2.75, 3.05) is 0 Å². The molecule has 4 rings (SSSR count). The standard InChI is InChI=1S/C13H12.C9H12.C6H8S.C4H10/c1-10(2)12-9-5-7-11-6-3-4-8-13(11)12;1-3-9-7-5-4-6-8(9)2;1-2-6-4-3-5-7-6;1-3-4-2/h3-9H,1H2,2H3;4-7H,3H2,1-2H3;3-5H,2H2,1H3;3-4H2,1-2H3. The quantitative estimate of drug-likeness (QED) is 0.285. The van der Waals surface area contributed by atoms with E-state index in [1.807, 2.05) is 18.3 Å². The molecule has 1 heterocycles. The molecule has 0 fully saturated rings. The Morgan fingerprint density at radius 1 is 0.727 bits per heavy atom. The third-order valence-corrected chi connectivity index (χ3v) is 6.34. The maximum Gasteiger partial charge on any atom is 0.00424 e. The second kappa shape index (κ2) is 16.9. The molecular formula is C32H42S. The zero-order valence-corrected chi connectivity index (χ0v) is 22.3. The van der Waals surface area contributed by atoms with Crippen LogP contribution in [0.15, 0.2) is 90.8 Å². The molecule has 0 amide bonds. The lowest BCUT2D eigenvalue weighted by molar-refractivity contribution is 0.886. The highest BCUT2D eigenvalue weighted by Crippen LogP contribution is 2.23. The van der Waals surface area contributed by atoms with E-state index in [0.717, 1.165) is 12.0 Å². The fourth-order valence-electron chi connectivity index (χ4n) is 3.12. The first-order chi connectivity index (χ1) is 16.0. The van der Waals surface area contributed by atoms with Gasteiger partial charge in [-0.1, -0.05) is 125 Å². The summed E-state index contributed by atoms with van der Waals surface area (Å²) in [6, 6.07) is 27.4. The Labute approximate surface area is 207 Å². The van der Waals surface area contributed by atoms with E-state index in [1.54, 1.807) is 0 Å². The monoisotopic (exact) mass is 458 g/mol. The number of hydrogen-bond acceptors (Lipinski definition) is 1. The highest BCUT2D eigenvalue weighted by atomic mass is 32.1. The predicted octanol–water partition coefficient (Wildman–Crippen LogP) is 10.5. The van der Waals surface area contributed by atoms with Crippen LogP contribution in [0.2, 0.25) is 0 Å². The van der Waals surface area contributed by atoms with Gasteiger partial charge in [-0.25, -0.2) is 0 Å². The number of fused-ring (bicyclic) bond motifs is 1. The number of unbranched alkanes of at least 4 members (excludes halogenated alkanes) is 1. The molecule has 0 radical (unpaired) electrons. The smallest absolute Gasteiger partial charge is 0.00424 e. The lowest BCUT2D eigenvalue weighted by atomic mass is 10.0. The summed E-state index contributed by atoms with van der Waals surface area (Å²) in [6.07, 6.45) is 4.96. The van der Waals surface area contributed by atoms with Crippen LogP contribution in [-0.4, -0.2) is 0 Å². The predicted molar refractivity (Wildman–Crippen MR) is 153 cm³/mol. The first-order valence-corrected chi connectivity index (χ1v) is 13.1. The molecule has 1 heteroatoms. The van der Waals surface area contributed by atoms with Gasteiger partial charge in [0, 0.05) is 4.88 Å². The Balaban J connectivity index is 0.000000239. The van der Waals surface area contributed by atoms with Crippen LogP contribution in [-0.2, 0) is 12.8 Å². The first-order valence-electron chi connectivity index (χ1n) is 12.2. The molecule has 0 saturated heterocycles. The summed E-state index contributed by atoms with van der Waals surface area (Å²) >= 11 is 1.82. The van der Waals surface area contributed by atoms with Crippen molar-refractivity contribution in [2.45, 2.75) is 67.2 Å². The average molecular weight is 459 g/mol. The summed E-state index contributed by atoms with van der Waals surface area (Å²) in [5.41, 5.74) is 5.23. The van der Waals surface area contributed by atoms with Crippen LogP contribution in [0.3, 0.4) is 0 Å². The van der Waals surface area contributed by atoms with Crippen molar-refractivity contribution < 1.29 is 0 Å². The molecule has 0 N–H and O–H groups in total. The average Bonchev–Trinajstić information content (AvgIpc) is 3.39. The summed E-state index contributed by atoms with van der Waals surface area (Å²) in [5, 5.41) is 4.68. The molecule has 0 saturated carbocycles. The Hall–Kier alpha value is -2.64. The molecule has 0 aliphatic carbocycles. The molecule has 4 aromatic rings. The lowest BCUT2D eigenvalue weighted by Crippen LogP contribution is -1.82. The molecule has 0 atom stereocenters. The summed E-state index contributed by atoms with van der Waals surface area (Å²) < 4.78 is 0. The Bertz CT molecular complexity index is 1030. The maximum atomic E-state index is 3.98. The van der Waals surface area contributed by atoms with Gasteiger partial charge in [0.15, 0.2) is 0 Å². The van der Waals surface area contributed by atoms with Crippen molar-refractivity contribution in [1.82, 2.24) is 0 Å². The largest absolute Gasteiger partial charge is 0.149 e. The summed E-state index contributed by atoms with van der Waals surface area (Å²) in [7, 11) is 0. The molecule has 0 unspecified atom stereocenters. The van der Waals surface area contributed by atoms with Gasteiger partial charge in [0.05, 0.1) is 0 Å². The second-order valence-corrected chi connectivity index (χ2v) is 9.05. The minimum absolute atomic E-state index is 1.12. The second-order valence-electron chi connectivity index (χ2n) is 8.02. The van der Waals surface area contributed by atoms with E-state index in [0.29, 0.717) is 0 Å². The van der Waals surface area contributed by atoms with Gasteiger partial charge in [-0.15, -0.1) is 11.3 Å². The Kier molecular flexibility index (Phi) is 14.6. The van der Waals surface area contributed by atoms with Crippen LogP contribution in [0.1, 0.15) is 69.0 Å². The minimum atomic E-state index is 1.12. The van der Waals surface area contributed by atoms with E-state index in [9.17, 15) is 0 Å². The van der Waals surface area contributed by atoms with Crippen LogP contribution >= 0.6 is 11.3 Å². The van der Waals surface area contributed by atoms with Crippen LogP contribution < -0.4 is 0 Å². The number of benzene rings is 3. The maximum absolute atomic E-state index is 3.98. The molecule has 0 nitrogen and oxygen atoms in total. The van der Waals surface area contributed by atoms with Gasteiger partial charge in [-0.3, -0.25) is 0 Å². The first kappa shape index (κ1) is 28.4. The molecule has 3 aromatic carbocycles. The highest BCUT2D eigenvalue weighted by molar-refractivity contribution is 7.09. The molecule has 0 aliphatic heterocycles. The summed E-state index contributed by atoms with van der Waals surface area (Å²) in [5.74, 6) is 0. The summed E-state index contributed by atoms with van der Waals surface area (Å²) in [4.78, 5) is 1.47. The van der Waals surface area contributed by atoms with Gasteiger partial charge in [0.2, 0.25) is 0 Å². The van der Waals surface area contributed by atoms with Crippen molar-refractivity contribution >= 4 is 27.7 Å². The van der Waals surface area contributed by atoms with E-state index >= 15 is 0 Å². The molecule has 0 spiro atoms. The number of aryl methyl sites for hydroxylation is 3. The molecule has 1 aromatic heterocycles. The molecule has 33 heavy (non-hydrogen) atoms. The van der Waals surface area contributed by atoms with E-state index in [4.69, 9.17) is 0 Å². The van der Waals surface area contributed by atoms with E-state index < -0.39 is 0 Å². The van der Waals surface area contributed by atoms with Gasteiger partial charge in [-0.2, -0.15) is 0 Å². The minimum Gasteiger partial charge on any atom is -0.149 e. The molecule has 176 valence electrons. The van der Waals surface area contributed by atoms with Crippen molar-refractivity contribution in [2.24, 2.45) is 0 Å². The topological polar surface area (TPSA) is 0 Å². The van der Waals surface area contributed by atoms with Gasteiger partial charge < -0.3 is 0 Å². The highest BCUT2D eigenvalue weighted by Gasteiger charge is 1.98. The van der Waals surface area contributed by atoms with Gasteiger partial charge in [0.25, 0.3) is 0 Å². The number of allylic oxidation sites excluding steroid dienone is 1. The third kappa shape index (κ3) is 10.7. The number of rotatable bonds is 4. The van der Waals surface area contributed by atoms with Crippen LogP contribution in [0.25, 0.3) is 16.3 Å². The van der Waals surface area contributed by atoms with Crippen LogP contribution in [0, 0.1) is 6.92 Å². The zero-order valence-electron chi connectivity index (χ0n) is 21.5. The van der Waals surface area contributed by atoms with Crippen molar-refractivity contribution in [1.29, 1.82) is 0 Å². The van der Waals surface area contributed by atoms with E-state index in [1.165, 1.54) is 51.6 Å². The molecular weight excluding hydrogens is 416 g/mol. The van der Waals surface area contributed by atoms with Gasteiger partial charge in [0.1, 0.15) is 0 Å². The lowest BCUT2D eigenvalue weighted by Gasteiger charge is -2.04. The zero-order chi connectivity index (χ0) is 24.5. The number of thiophene rings is 1. The van der Waals surface area contributed by atoms with Gasteiger partial charge in [-0.05, 0) is 65.6 Å². The molecule has 0 bridgehead atoms. The SMILES string of the molecule is C=C(C)c1cccc2ccccc12.CCCC.CCc1ccccc1C.CCc1cccs1. The van der Waals surface area contributed by atoms with Crippen LogP contribution in [0.4, 0.5) is 0 Å². The van der Waals surface area contributed by atoms with E-state index in [-0.39, 0.29) is 0 Å². The number of hydrogen-bond donors (Lipinski definition) is 0. The fraction of sp³-hybridized carbons (Fsp3) is 0.312. The Morgan fingerprint density at radius 3 is 1.85 bits per heavy atom. The normalized spacial score (nSPS) is 9.52. The van der Waals surface area contributed by atoms with Crippen molar-refractivity contribution in [3.05, 3.63) is 112 Å². The molecule has 0 aliphatic rings. The van der Waals surface area contributed by atoms with Crippen molar-refractivity contribution in [3.8, 4) is 0 Å². The summed E-state index contributed by atoms with van der Waals surface area (Å²) in [6.45, 7) is 16.9. The Morgan fingerprint density at radius 2 is 1.36 bits per heavy atom. The van der Waals surface area contributed by atoms with E-state index in [2.05, 4.69) is 125 Å².